The van der Waals surface area contributed by atoms with Crippen LogP contribution in [0.3, 0.4) is 0 Å². The molecule has 0 bridgehead atoms. The molecule has 52 valence electrons. The van der Waals surface area contributed by atoms with Gasteiger partial charge in [0, 0.05) is 0 Å². The van der Waals surface area contributed by atoms with Crippen molar-refractivity contribution >= 4 is 0 Å². The van der Waals surface area contributed by atoms with E-state index in [1.165, 1.54) is 0 Å². The van der Waals surface area contributed by atoms with Gasteiger partial charge in [0.05, 0.1) is 13.2 Å². The zero-order chi connectivity index (χ0) is 6.53. The van der Waals surface area contributed by atoms with Crippen molar-refractivity contribution < 1.29 is 9.47 Å². The van der Waals surface area contributed by atoms with Crippen molar-refractivity contribution in [3.63, 3.8) is 0 Å². The Morgan fingerprint density at radius 3 is 2.22 bits per heavy atom. The molecule has 9 heavy (non-hydrogen) atoms. The number of nitrogens with zero attached hydrogens (tertiary/aromatic N) is 1. The SMILES string of the molecule is C=CN1COCCOC1. The normalized spacial score (nSPS) is 21.1. The van der Waals surface area contributed by atoms with E-state index in [2.05, 4.69) is 6.58 Å². The number of rotatable bonds is 1. The average Bonchev–Trinajstić information content (AvgIpc) is 2.13. The summed E-state index contributed by atoms with van der Waals surface area (Å²) in [5.41, 5.74) is 0. The van der Waals surface area contributed by atoms with E-state index in [4.69, 9.17) is 9.47 Å². The lowest BCUT2D eigenvalue weighted by atomic mass is 10.8. The highest BCUT2D eigenvalue weighted by Crippen LogP contribution is 1.94. The van der Waals surface area contributed by atoms with Gasteiger partial charge in [-0.3, -0.25) is 0 Å². The van der Waals surface area contributed by atoms with Crippen LogP contribution in [-0.4, -0.2) is 31.6 Å². The predicted octanol–water partition coefficient (Wildman–Crippen LogP) is 0.394. The van der Waals surface area contributed by atoms with Gasteiger partial charge in [-0.2, -0.15) is 0 Å². The molecule has 0 N–H and O–H groups in total. The van der Waals surface area contributed by atoms with Crippen molar-refractivity contribution in [2.24, 2.45) is 0 Å². The molecular formula is C6H11NO2. The Morgan fingerprint density at radius 1 is 1.22 bits per heavy atom. The lowest BCUT2D eigenvalue weighted by Gasteiger charge is -2.13. The molecule has 1 heterocycles. The summed E-state index contributed by atoms with van der Waals surface area (Å²) in [6, 6.07) is 0. The van der Waals surface area contributed by atoms with Crippen LogP contribution < -0.4 is 0 Å². The first-order valence-corrected chi connectivity index (χ1v) is 2.95. The molecule has 0 radical (unpaired) electrons. The molecule has 0 unspecified atom stereocenters. The molecule has 1 aliphatic rings. The largest absolute Gasteiger partial charge is 0.359 e. The summed E-state index contributed by atoms with van der Waals surface area (Å²) in [7, 11) is 0. The fraction of sp³-hybridized carbons (Fsp3) is 0.667. The van der Waals surface area contributed by atoms with Crippen molar-refractivity contribution in [1.82, 2.24) is 4.90 Å². The van der Waals surface area contributed by atoms with Gasteiger partial charge < -0.3 is 14.4 Å². The van der Waals surface area contributed by atoms with E-state index in [9.17, 15) is 0 Å². The summed E-state index contributed by atoms with van der Waals surface area (Å²) in [6.07, 6.45) is 1.71. The molecule has 0 spiro atoms. The number of hydrogen-bond acceptors (Lipinski definition) is 3. The first kappa shape index (κ1) is 6.58. The topological polar surface area (TPSA) is 21.7 Å². The Labute approximate surface area is 54.9 Å². The van der Waals surface area contributed by atoms with Gasteiger partial charge in [0.25, 0.3) is 0 Å². The van der Waals surface area contributed by atoms with Crippen LogP contribution in [0.1, 0.15) is 0 Å². The predicted molar refractivity (Wildman–Crippen MR) is 33.7 cm³/mol. The molecule has 1 aliphatic heterocycles. The van der Waals surface area contributed by atoms with Crippen LogP contribution in [0, 0.1) is 0 Å². The van der Waals surface area contributed by atoms with Gasteiger partial charge in [-0.15, -0.1) is 0 Å². The summed E-state index contributed by atoms with van der Waals surface area (Å²) < 4.78 is 10.3. The second-order valence-corrected chi connectivity index (χ2v) is 1.85. The third-order valence-corrected chi connectivity index (χ3v) is 1.14. The first-order valence-electron chi connectivity index (χ1n) is 2.95. The Hall–Kier alpha value is -0.540. The Kier molecular flexibility index (Phi) is 2.54. The molecule has 0 amide bonds. The van der Waals surface area contributed by atoms with E-state index in [-0.39, 0.29) is 0 Å². The molecule has 1 rings (SSSR count). The van der Waals surface area contributed by atoms with Crippen LogP contribution in [0.2, 0.25) is 0 Å². The molecule has 1 saturated heterocycles. The minimum atomic E-state index is 0.601. The zero-order valence-electron chi connectivity index (χ0n) is 5.38. The second kappa shape index (κ2) is 3.48. The highest BCUT2D eigenvalue weighted by atomic mass is 16.6. The maximum atomic E-state index is 5.13. The van der Waals surface area contributed by atoms with Gasteiger partial charge in [0.1, 0.15) is 13.5 Å². The van der Waals surface area contributed by atoms with Gasteiger partial charge in [-0.1, -0.05) is 6.58 Å². The van der Waals surface area contributed by atoms with Crippen LogP contribution in [0.25, 0.3) is 0 Å². The molecule has 0 aromatic heterocycles. The fourth-order valence-electron chi connectivity index (χ4n) is 0.624. The minimum absolute atomic E-state index is 0.601. The van der Waals surface area contributed by atoms with Gasteiger partial charge in [0.2, 0.25) is 0 Å². The van der Waals surface area contributed by atoms with E-state index in [0.29, 0.717) is 26.7 Å². The van der Waals surface area contributed by atoms with E-state index in [0.717, 1.165) is 0 Å². The first-order chi connectivity index (χ1) is 4.43. The van der Waals surface area contributed by atoms with Crippen LogP contribution >= 0.6 is 0 Å². The lowest BCUT2D eigenvalue weighted by molar-refractivity contribution is 0.0641. The summed E-state index contributed by atoms with van der Waals surface area (Å²) in [5.74, 6) is 0. The maximum Gasteiger partial charge on any atom is 0.120 e. The highest BCUT2D eigenvalue weighted by Gasteiger charge is 2.02. The molecule has 0 aromatic carbocycles. The Bertz CT molecular complexity index is 87.1. The van der Waals surface area contributed by atoms with Crippen LogP contribution in [0.5, 0.6) is 0 Å². The van der Waals surface area contributed by atoms with E-state index < -0.39 is 0 Å². The van der Waals surface area contributed by atoms with Crippen LogP contribution in [-0.2, 0) is 9.47 Å². The third kappa shape index (κ3) is 2.03. The molecule has 1 fully saturated rings. The lowest BCUT2D eigenvalue weighted by Crippen LogP contribution is -2.19. The van der Waals surface area contributed by atoms with E-state index >= 15 is 0 Å². The highest BCUT2D eigenvalue weighted by molar-refractivity contribution is 4.65. The standard InChI is InChI=1S/C6H11NO2/c1-2-7-5-8-3-4-9-6-7/h2H,1,3-6H2. The van der Waals surface area contributed by atoms with Crippen LogP contribution in [0.15, 0.2) is 12.8 Å². The fourth-order valence-corrected chi connectivity index (χ4v) is 0.624. The van der Waals surface area contributed by atoms with Gasteiger partial charge >= 0.3 is 0 Å². The van der Waals surface area contributed by atoms with Crippen molar-refractivity contribution in [1.29, 1.82) is 0 Å². The van der Waals surface area contributed by atoms with Gasteiger partial charge in [0.15, 0.2) is 0 Å². The van der Waals surface area contributed by atoms with Gasteiger partial charge in [-0.25, -0.2) is 0 Å². The van der Waals surface area contributed by atoms with Crippen molar-refractivity contribution in [2.75, 3.05) is 26.7 Å². The van der Waals surface area contributed by atoms with E-state index in [1.807, 2.05) is 4.90 Å². The van der Waals surface area contributed by atoms with Crippen molar-refractivity contribution in [3.05, 3.63) is 12.8 Å². The average molecular weight is 129 g/mol. The summed E-state index contributed by atoms with van der Waals surface area (Å²) >= 11 is 0. The van der Waals surface area contributed by atoms with E-state index in [1.54, 1.807) is 6.20 Å². The molecule has 0 atom stereocenters. The maximum absolute atomic E-state index is 5.13. The molecule has 3 heteroatoms. The van der Waals surface area contributed by atoms with Gasteiger partial charge in [-0.05, 0) is 6.20 Å². The number of hydrogen-bond donors (Lipinski definition) is 0. The Morgan fingerprint density at radius 2 is 1.78 bits per heavy atom. The second-order valence-electron chi connectivity index (χ2n) is 1.85. The summed E-state index contributed by atoms with van der Waals surface area (Å²) in [6.45, 7) is 6.16. The minimum Gasteiger partial charge on any atom is -0.359 e. The van der Waals surface area contributed by atoms with Crippen molar-refractivity contribution in [3.8, 4) is 0 Å². The zero-order valence-corrected chi connectivity index (χ0v) is 5.38. The Balaban J connectivity index is 2.26. The number of ether oxygens (including phenoxy) is 2. The third-order valence-electron chi connectivity index (χ3n) is 1.14. The molecule has 3 nitrogen and oxygen atoms in total. The molecule has 0 saturated carbocycles. The summed E-state index contributed by atoms with van der Waals surface area (Å²) in [4.78, 5) is 1.87. The quantitative estimate of drug-likeness (QED) is 0.511. The van der Waals surface area contributed by atoms with Crippen LogP contribution in [0.4, 0.5) is 0 Å². The summed E-state index contributed by atoms with van der Waals surface area (Å²) in [5, 5.41) is 0. The van der Waals surface area contributed by atoms with Crippen molar-refractivity contribution in [2.45, 2.75) is 0 Å². The smallest absolute Gasteiger partial charge is 0.120 e. The molecular weight excluding hydrogens is 118 g/mol. The monoisotopic (exact) mass is 129 g/mol. The molecule has 0 aliphatic carbocycles. The molecule has 0 aromatic rings.